The normalized spacial score (nSPS) is 13.5. The van der Waals surface area contributed by atoms with E-state index in [1.807, 2.05) is 42.6 Å². The Balaban J connectivity index is 1.61. The highest BCUT2D eigenvalue weighted by molar-refractivity contribution is 7.14. The van der Waals surface area contributed by atoms with Crippen molar-refractivity contribution in [3.63, 3.8) is 0 Å². The summed E-state index contributed by atoms with van der Waals surface area (Å²) < 4.78 is 11.4. The van der Waals surface area contributed by atoms with Crippen molar-refractivity contribution in [1.82, 2.24) is 0 Å². The van der Waals surface area contributed by atoms with Crippen LogP contribution >= 0.6 is 11.3 Å². The highest BCUT2D eigenvalue weighted by Gasteiger charge is 2.23. The Morgan fingerprint density at radius 1 is 1.18 bits per heavy atom. The van der Waals surface area contributed by atoms with Gasteiger partial charge in [-0.3, -0.25) is 0 Å². The SMILES string of the molecule is CCOC(=O)c1c(-c2ccc(C)cc2)csc1/N=C/c1c(O)ccc2oc3c(c12)CCCC3. The highest BCUT2D eigenvalue weighted by atomic mass is 32.1. The predicted molar refractivity (Wildman–Crippen MR) is 132 cm³/mol. The van der Waals surface area contributed by atoms with E-state index in [0.29, 0.717) is 16.1 Å². The number of nitrogens with zero attached hydrogens (tertiary/aromatic N) is 1. The first-order valence-electron chi connectivity index (χ1n) is 11.2. The molecule has 4 aromatic rings. The van der Waals surface area contributed by atoms with Crippen molar-refractivity contribution >= 4 is 39.5 Å². The number of aryl methyl sites for hydroxylation is 3. The summed E-state index contributed by atoms with van der Waals surface area (Å²) in [6.07, 6.45) is 5.71. The molecule has 5 nitrogen and oxygen atoms in total. The standard InChI is InChI=1S/C27H25NO4S/c1-3-31-27(30)25-20(17-10-8-16(2)9-11-17)15-33-26(25)28-14-19-21(29)12-13-23-24(19)18-6-4-5-7-22(18)32-23/h8-15,29H,3-7H2,1-2H3/b28-14+. The number of phenols is 1. The molecule has 0 saturated heterocycles. The fourth-order valence-corrected chi connectivity index (χ4v) is 5.32. The Labute approximate surface area is 196 Å². The lowest BCUT2D eigenvalue weighted by Crippen LogP contribution is -2.05. The van der Waals surface area contributed by atoms with Crippen LogP contribution in [0.1, 0.15) is 52.6 Å². The Kier molecular flexibility index (Phi) is 5.77. The van der Waals surface area contributed by atoms with Gasteiger partial charge in [0, 0.05) is 40.1 Å². The molecule has 168 valence electrons. The quantitative estimate of drug-likeness (QED) is 0.258. The summed E-state index contributed by atoms with van der Waals surface area (Å²) in [7, 11) is 0. The number of carbonyl (C=O) groups is 1. The Bertz CT molecular complexity index is 1360. The van der Waals surface area contributed by atoms with Gasteiger partial charge in [0.05, 0.1) is 6.61 Å². The Morgan fingerprint density at radius 3 is 2.76 bits per heavy atom. The smallest absolute Gasteiger partial charge is 0.341 e. The number of ether oxygens (including phenoxy) is 1. The molecule has 0 fully saturated rings. The lowest BCUT2D eigenvalue weighted by atomic mass is 9.94. The van der Waals surface area contributed by atoms with Crippen LogP contribution in [0.25, 0.3) is 22.1 Å². The molecule has 6 heteroatoms. The van der Waals surface area contributed by atoms with Gasteiger partial charge in [-0.15, -0.1) is 11.3 Å². The maximum atomic E-state index is 12.9. The van der Waals surface area contributed by atoms with E-state index in [1.54, 1.807) is 19.2 Å². The van der Waals surface area contributed by atoms with Gasteiger partial charge in [0.15, 0.2) is 0 Å². The van der Waals surface area contributed by atoms with Gasteiger partial charge in [0.1, 0.15) is 27.7 Å². The van der Waals surface area contributed by atoms with Crippen LogP contribution in [-0.4, -0.2) is 23.9 Å². The zero-order valence-electron chi connectivity index (χ0n) is 18.7. The second-order valence-electron chi connectivity index (χ2n) is 8.26. The molecule has 2 aromatic heterocycles. The lowest BCUT2D eigenvalue weighted by molar-refractivity contribution is 0.0529. The molecule has 0 bridgehead atoms. The van der Waals surface area contributed by atoms with Crippen molar-refractivity contribution < 1.29 is 19.1 Å². The minimum absolute atomic E-state index is 0.147. The number of hydrogen-bond acceptors (Lipinski definition) is 6. The first-order chi connectivity index (χ1) is 16.1. The molecular weight excluding hydrogens is 434 g/mol. The van der Waals surface area contributed by atoms with Crippen LogP contribution in [0.15, 0.2) is 51.2 Å². The molecule has 0 atom stereocenters. The van der Waals surface area contributed by atoms with E-state index in [2.05, 4.69) is 4.99 Å². The Hall–Kier alpha value is -3.38. The van der Waals surface area contributed by atoms with Crippen LogP contribution in [-0.2, 0) is 17.6 Å². The van der Waals surface area contributed by atoms with E-state index < -0.39 is 5.97 Å². The third kappa shape index (κ3) is 3.95. The molecule has 0 radical (unpaired) electrons. The van der Waals surface area contributed by atoms with Crippen molar-refractivity contribution in [2.24, 2.45) is 4.99 Å². The zero-order valence-corrected chi connectivity index (χ0v) is 19.5. The molecule has 2 aromatic carbocycles. The maximum absolute atomic E-state index is 12.9. The number of esters is 1. The third-order valence-corrected chi connectivity index (χ3v) is 6.95. The first kappa shape index (κ1) is 21.5. The molecule has 0 spiro atoms. The van der Waals surface area contributed by atoms with Crippen LogP contribution in [0.5, 0.6) is 5.75 Å². The van der Waals surface area contributed by atoms with Gasteiger partial charge in [0.25, 0.3) is 0 Å². The number of hydrogen-bond donors (Lipinski definition) is 1. The topological polar surface area (TPSA) is 72.0 Å². The second kappa shape index (κ2) is 8.87. The van der Waals surface area contributed by atoms with Gasteiger partial charge in [0.2, 0.25) is 0 Å². The van der Waals surface area contributed by atoms with E-state index in [-0.39, 0.29) is 12.4 Å². The molecule has 33 heavy (non-hydrogen) atoms. The number of aliphatic imine (C=N–C) groups is 1. The summed E-state index contributed by atoms with van der Waals surface area (Å²) in [5.74, 6) is 0.750. The largest absolute Gasteiger partial charge is 0.507 e. The minimum atomic E-state index is -0.399. The molecule has 5 rings (SSSR count). The molecule has 2 heterocycles. The van der Waals surface area contributed by atoms with Crippen molar-refractivity contribution in [3.05, 3.63) is 69.8 Å². The molecule has 1 N–H and O–H groups in total. The van der Waals surface area contributed by atoms with Crippen molar-refractivity contribution in [2.75, 3.05) is 6.61 Å². The summed E-state index contributed by atoms with van der Waals surface area (Å²) in [4.78, 5) is 17.5. The van der Waals surface area contributed by atoms with Crippen LogP contribution in [0.3, 0.4) is 0 Å². The second-order valence-corrected chi connectivity index (χ2v) is 9.11. The number of phenolic OH excluding ortho intramolecular Hbond substituents is 1. The van der Waals surface area contributed by atoms with E-state index >= 15 is 0 Å². The molecule has 0 saturated carbocycles. The number of thiophene rings is 1. The van der Waals surface area contributed by atoms with E-state index in [0.717, 1.165) is 64.7 Å². The average Bonchev–Trinajstić information content (AvgIpc) is 3.41. The van der Waals surface area contributed by atoms with Crippen molar-refractivity contribution in [2.45, 2.75) is 39.5 Å². The number of rotatable bonds is 5. The van der Waals surface area contributed by atoms with Crippen LogP contribution in [0.2, 0.25) is 0 Å². The highest BCUT2D eigenvalue weighted by Crippen LogP contribution is 2.40. The van der Waals surface area contributed by atoms with E-state index in [1.165, 1.54) is 11.3 Å². The molecular formula is C27H25NO4S. The zero-order chi connectivity index (χ0) is 22.9. The van der Waals surface area contributed by atoms with Crippen LogP contribution < -0.4 is 0 Å². The van der Waals surface area contributed by atoms with Gasteiger partial charge in [-0.1, -0.05) is 29.8 Å². The summed E-state index contributed by atoms with van der Waals surface area (Å²) in [5, 5.41) is 14.1. The van der Waals surface area contributed by atoms with Crippen LogP contribution in [0, 0.1) is 6.92 Å². The molecule has 1 aliphatic rings. The van der Waals surface area contributed by atoms with E-state index in [4.69, 9.17) is 9.15 Å². The van der Waals surface area contributed by atoms with Gasteiger partial charge >= 0.3 is 5.97 Å². The maximum Gasteiger partial charge on any atom is 0.341 e. The first-order valence-corrected chi connectivity index (χ1v) is 12.1. The van der Waals surface area contributed by atoms with Crippen LogP contribution in [0.4, 0.5) is 5.00 Å². The number of fused-ring (bicyclic) bond motifs is 3. The van der Waals surface area contributed by atoms with Gasteiger partial charge < -0.3 is 14.3 Å². The minimum Gasteiger partial charge on any atom is -0.507 e. The fourth-order valence-electron chi connectivity index (χ4n) is 4.41. The summed E-state index contributed by atoms with van der Waals surface area (Å²) >= 11 is 1.39. The third-order valence-electron chi connectivity index (χ3n) is 6.06. The van der Waals surface area contributed by atoms with Gasteiger partial charge in [-0.2, -0.15) is 0 Å². The number of aromatic hydroxyl groups is 1. The molecule has 0 amide bonds. The molecule has 1 aliphatic carbocycles. The average molecular weight is 460 g/mol. The van der Waals surface area contributed by atoms with Gasteiger partial charge in [-0.25, -0.2) is 9.79 Å². The monoisotopic (exact) mass is 459 g/mol. The molecule has 0 unspecified atom stereocenters. The fraction of sp³-hybridized carbons (Fsp3) is 0.259. The lowest BCUT2D eigenvalue weighted by Gasteiger charge is -2.10. The summed E-state index contributed by atoms with van der Waals surface area (Å²) in [6.45, 7) is 4.10. The van der Waals surface area contributed by atoms with Crippen molar-refractivity contribution in [3.8, 4) is 16.9 Å². The summed E-state index contributed by atoms with van der Waals surface area (Å²) in [6, 6.07) is 11.5. The van der Waals surface area contributed by atoms with Gasteiger partial charge in [-0.05, 0) is 50.8 Å². The number of furan rings is 1. The number of benzene rings is 2. The van der Waals surface area contributed by atoms with Crippen molar-refractivity contribution in [1.29, 1.82) is 0 Å². The Morgan fingerprint density at radius 2 is 1.97 bits per heavy atom. The predicted octanol–water partition coefficient (Wildman–Crippen LogP) is 6.98. The summed E-state index contributed by atoms with van der Waals surface area (Å²) in [5.41, 5.74) is 5.88. The molecule has 0 aliphatic heterocycles. The number of carbonyl (C=O) groups excluding carboxylic acids is 1. The van der Waals surface area contributed by atoms with E-state index in [9.17, 15) is 9.90 Å².